The summed E-state index contributed by atoms with van der Waals surface area (Å²) < 4.78 is 0. The van der Waals surface area contributed by atoms with E-state index in [0.717, 1.165) is 23.2 Å². The molecule has 15 heavy (non-hydrogen) atoms. The average Bonchev–Trinajstić information content (AvgIpc) is 2.89. The summed E-state index contributed by atoms with van der Waals surface area (Å²) in [5, 5.41) is 3.03. The number of nitrogens with one attached hydrogen (secondary N) is 1. The molecule has 0 radical (unpaired) electrons. The molecule has 1 fully saturated rings. The van der Waals surface area contributed by atoms with Crippen LogP contribution in [0.5, 0.6) is 0 Å². The number of hydrogen-bond donors (Lipinski definition) is 1. The monoisotopic (exact) mass is 203 g/mol. The van der Waals surface area contributed by atoms with Crippen molar-refractivity contribution in [2.75, 3.05) is 5.32 Å². The zero-order chi connectivity index (χ0) is 11.0. The Morgan fingerprint density at radius 2 is 1.87 bits per heavy atom. The van der Waals surface area contributed by atoms with Crippen molar-refractivity contribution in [3.05, 3.63) is 29.3 Å². The summed E-state index contributed by atoms with van der Waals surface area (Å²) in [6, 6.07) is 6.07. The van der Waals surface area contributed by atoms with E-state index in [4.69, 9.17) is 0 Å². The topological polar surface area (TPSA) is 29.1 Å². The summed E-state index contributed by atoms with van der Waals surface area (Å²) in [7, 11) is 0. The van der Waals surface area contributed by atoms with Crippen molar-refractivity contribution < 1.29 is 4.79 Å². The number of amides is 1. The minimum absolute atomic E-state index is 0.180. The second-order valence-corrected chi connectivity index (χ2v) is 4.58. The molecule has 1 N–H and O–H groups in total. The summed E-state index contributed by atoms with van der Waals surface area (Å²) in [6.45, 7) is 6.17. The normalized spacial score (nSPS) is 23.7. The highest BCUT2D eigenvalue weighted by Crippen LogP contribution is 2.38. The number of para-hydroxylation sites is 1. The van der Waals surface area contributed by atoms with Crippen molar-refractivity contribution in [3.63, 3.8) is 0 Å². The number of hydrogen-bond acceptors (Lipinski definition) is 1. The van der Waals surface area contributed by atoms with Crippen LogP contribution in [-0.4, -0.2) is 5.91 Å². The van der Waals surface area contributed by atoms with Gasteiger partial charge in [-0.05, 0) is 37.3 Å². The lowest BCUT2D eigenvalue weighted by Gasteiger charge is -2.10. The molecule has 0 aromatic heterocycles. The molecule has 1 amide bonds. The van der Waals surface area contributed by atoms with Gasteiger partial charge in [0.2, 0.25) is 5.91 Å². The first-order valence-corrected chi connectivity index (χ1v) is 5.46. The van der Waals surface area contributed by atoms with Gasteiger partial charge in [0.05, 0.1) is 0 Å². The lowest BCUT2D eigenvalue weighted by Crippen LogP contribution is -2.16. The van der Waals surface area contributed by atoms with Crippen LogP contribution in [0.3, 0.4) is 0 Å². The molecule has 1 aromatic carbocycles. The van der Waals surface area contributed by atoms with Gasteiger partial charge in [0, 0.05) is 11.6 Å². The third-order valence-corrected chi connectivity index (χ3v) is 3.18. The highest BCUT2D eigenvalue weighted by Gasteiger charge is 2.39. The van der Waals surface area contributed by atoms with Gasteiger partial charge in [0.15, 0.2) is 0 Å². The molecule has 2 atom stereocenters. The van der Waals surface area contributed by atoms with E-state index in [-0.39, 0.29) is 11.8 Å². The van der Waals surface area contributed by atoms with Gasteiger partial charge in [-0.1, -0.05) is 25.1 Å². The summed E-state index contributed by atoms with van der Waals surface area (Å²) in [6.07, 6.45) is 1.04. The van der Waals surface area contributed by atoms with Crippen molar-refractivity contribution in [1.82, 2.24) is 0 Å². The van der Waals surface area contributed by atoms with Crippen molar-refractivity contribution in [3.8, 4) is 0 Å². The Labute approximate surface area is 90.7 Å². The largest absolute Gasteiger partial charge is 0.325 e. The molecule has 1 aliphatic carbocycles. The Balaban J connectivity index is 2.13. The van der Waals surface area contributed by atoms with Crippen LogP contribution in [0.2, 0.25) is 0 Å². The molecule has 1 saturated carbocycles. The van der Waals surface area contributed by atoms with E-state index in [1.54, 1.807) is 0 Å². The van der Waals surface area contributed by atoms with E-state index >= 15 is 0 Å². The first kappa shape index (κ1) is 10.2. The Kier molecular flexibility index (Phi) is 2.51. The van der Waals surface area contributed by atoms with Crippen LogP contribution in [0, 0.1) is 25.7 Å². The smallest absolute Gasteiger partial charge is 0.227 e. The molecule has 2 nitrogen and oxygen atoms in total. The van der Waals surface area contributed by atoms with Crippen LogP contribution in [0.25, 0.3) is 0 Å². The Morgan fingerprint density at radius 1 is 1.33 bits per heavy atom. The molecule has 0 bridgehead atoms. The number of carbonyl (C=O) groups is 1. The minimum Gasteiger partial charge on any atom is -0.325 e. The predicted molar refractivity (Wildman–Crippen MR) is 61.8 cm³/mol. The lowest BCUT2D eigenvalue weighted by atomic mass is 10.1. The zero-order valence-corrected chi connectivity index (χ0v) is 9.50. The van der Waals surface area contributed by atoms with E-state index < -0.39 is 0 Å². The van der Waals surface area contributed by atoms with Gasteiger partial charge in [0.1, 0.15) is 0 Å². The van der Waals surface area contributed by atoms with Crippen molar-refractivity contribution in [2.45, 2.75) is 27.2 Å². The average molecular weight is 203 g/mol. The van der Waals surface area contributed by atoms with Crippen LogP contribution in [-0.2, 0) is 4.79 Å². The predicted octanol–water partition coefficient (Wildman–Crippen LogP) is 2.90. The Morgan fingerprint density at radius 3 is 2.33 bits per heavy atom. The van der Waals surface area contributed by atoms with Gasteiger partial charge < -0.3 is 5.32 Å². The quantitative estimate of drug-likeness (QED) is 0.786. The maximum Gasteiger partial charge on any atom is 0.227 e. The van der Waals surface area contributed by atoms with E-state index in [1.165, 1.54) is 0 Å². The first-order chi connectivity index (χ1) is 7.09. The van der Waals surface area contributed by atoms with Gasteiger partial charge in [-0.2, -0.15) is 0 Å². The fourth-order valence-corrected chi connectivity index (χ4v) is 1.91. The van der Waals surface area contributed by atoms with Crippen LogP contribution in [0.4, 0.5) is 5.69 Å². The second kappa shape index (κ2) is 3.69. The minimum atomic E-state index is 0.180. The molecule has 0 heterocycles. The van der Waals surface area contributed by atoms with Gasteiger partial charge in [-0.25, -0.2) is 0 Å². The molecule has 0 saturated heterocycles. The van der Waals surface area contributed by atoms with E-state index in [2.05, 4.69) is 12.2 Å². The van der Waals surface area contributed by atoms with Crippen LogP contribution >= 0.6 is 0 Å². The van der Waals surface area contributed by atoms with Gasteiger partial charge in [-0.15, -0.1) is 0 Å². The molecule has 0 spiro atoms. The number of aryl methyl sites for hydroxylation is 2. The molecule has 2 unspecified atom stereocenters. The molecule has 0 aliphatic heterocycles. The maximum atomic E-state index is 11.8. The third-order valence-electron chi connectivity index (χ3n) is 3.18. The highest BCUT2D eigenvalue weighted by molar-refractivity contribution is 5.95. The van der Waals surface area contributed by atoms with Crippen LogP contribution in [0.15, 0.2) is 18.2 Å². The highest BCUT2D eigenvalue weighted by atomic mass is 16.2. The summed E-state index contributed by atoms with van der Waals surface area (Å²) in [5.41, 5.74) is 3.26. The number of benzene rings is 1. The van der Waals surface area contributed by atoms with Crippen LogP contribution in [0.1, 0.15) is 24.5 Å². The van der Waals surface area contributed by atoms with Crippen molar-refractivity contribution in [2.24, 2.45) is 11.8 Å². The number of carbonyl (C=O) groups excluding carboxylic acids is 1. The Bertz CT molecular complexity index is 377. The molecular formula is C13H17NO. The van der Waals surface area contributed by atoms with Gasteiger partial charge >= 0.3 is 0 Å². The van der Waals surface area contributed by atoms with E-state index in [9.17, 15) is 4.79 Å². The van der Waals surface area contributed by atoms with Crippen molar-refractivity contribution >= 4 is 11.6 Å². The fraction of sp³-hybridized carbons (Fsp3) is 0.462. The lowest BCUT2D eigenvalue weighted by molar-refractivity contribution is -0.117. The molecule has 1 aliphatic rings. The molecule has 1 aromatic rings. The maximum absolute atomic E-state index is 11.8. The zero-order valence-electron chi connectivity index (χ0n) is 9.50. The third kappa shape index (κ3) is 2.04. The number of anilines is 1. The SMILES string of the molecule is Cc1cccc(C)c1NC(=O)C1CC1C. The summed E-state index contributed by atoms with van der Waals surface area (Å²) in [4.78, 5) is 11.8. The standard InChI is InChI=1S/C13H17NO/c1-8-5-4-6-9(2)12(8)14-13(15)11-7-10(11)3/h4-6,10-11H,7H2,1-3H3,(H,14,15). The second-order valence-electron chi connectivity index (χ2n) is 4.58. The molecule has 2 heteroatoms. The molecular weight excluding hydrogens is 186 g/mol. The molecule has 80 valence electrons. The van der Waals surface area contributed by atoms with Crippen LogP contribution < -0.4 is 5.32 Å². The van der Waals surface area contributed by atoms with Gasteiger partial charge in [-0.3, -0.25) is 4.79 Å². The first-order valence-electron chi connectivity index (χ1n) is 5.46. The summed E-state index contributed by atoms with van der Waals surface area (Å²) >= 11 is 0. The van der Waals surface area contributed by atoms with E-state index in [1.807, 2.05) is 32.0 Å². The van der Waals surface area contributed by atoms with Gasteiger partial charge in [0.25, 0.3) is 0 Å². The fourth-order valence-electron chi connectivity index (χ4n) is 1.91. The summed E-state index contributed by atoms with van der Waals surface area (Å²) in [5.74, 6) is 0.984. The Hall–Kier alpha value is -1.31. The van der Waals surface area contributed by atoms with E-state index in [0.29, 0.717) is 5.92 Å². The molecule has 2 rings (SSSR count). The number of rotatable bonds is 2. The van der Waals surface area contributed by atoms with Crippen molar-refractivity contribution in [1.29, 1.82) is 0 Å².